The standard InChI is InChI=1S/C19H28N2O5/c1-19(2,3)26-18(25)21-15(14-8-5-4-6-9-14)10-7-13-20-16(22)11-12-17(23)24/h4-6,8-9,11-12,15,18,21,25H,7,10,13H2,1-3H3,(H,20,22)(H,23,24)/b12-11+. The Balaban J connectivity index is 2.55. The Labute approximate surface area is 154 Å². The molecule has 2 atom stereocenters. The van der Waals surface area contributed by atoms with Gasteiger partial charge in [-0.1, -0.05) is 30.3 Å². The number of aliphatic hydroxyl groups excluding tert-OH is 1. The second-order valence-electron chi connectivity index (χ2n) is 6.82. The zero-order valence-corrected chi connectivity index (χ0v) is 15.4. The molecule has 0 aliphatic heterocycles. The summed E-state index contributed by atoms with van der Waals surface area (Å²) < 4.78 is 5.50. The quantitative estimate of drug-likeness (QED) is 0.287. The molecule has 0 aliphatic rings. The van der Waals surface area contributed by atoms with Gasteiger partial charge in [0.1, 0.15) is 0 Å². The summed E-state index contributed by atoms with van der Waals surface area (Å²) in [5.41, 5.74) is 0.513. The Kier molecular flexibility index (Phi) is 8.98. The van der Waals surface area contributed by atoms with Crippen molar-refractivity contribution in [2.45, 2.75) is 51.7 Å². The third-order valence-corrected chi connectivity index (χ3v) is 3.36. The highest BCUT2D eigenvalue weighted by Gasteiger charge is 2.20. The maximum atomic E-state index is 11.5. The molecule has 0 saturated carbocycles. The van der Waals surface area contributed by atoms with Gasteiger partial charge in [0.15, 0.2) is 0 Å². The van der Waals surface area contributed by atoms with Crippen LogP contribution >= 0.6 is 0 Å². The fraction of sp³-hybridized carbons (Fsp3) is 0.474. The zero-order chi connectivity index (χ0) is 19.6. The maximum absolute atomic E-state index is 11.5. The number of aliphatic carboxylic acids is 1. The van der Waals surface area contributed by atoms with Gasteiger partial charge in [-0.2, -0.15) is 0 Å². The summed E-state index contributed by atoms with van der Waals surface area (Å²) in [6.07, 6.45) is 1.95. The largest absolute Gasteiger partial charge is 0.478 e. The molecule has 7 heteroatoms. The van der Waals surface area contributed by atoms with E-state index >= 15 is 0 Å². The van der Waals surface area contributed by atoms with Gasteiger partial charge < -0.3 is 20.3 Å². The van der Waals surface area contributed by atoms with E-state index in [1.807, 2.05) is 51.1 Å². The van der Waals surface area contributed by atoms with Gasteiger partial charge in [-0.15, -0.1) is 0 Å². The molecule has 0 fully saturated rings. The summed E-state index contributed by atoms with van der Waals surface area (Å²) >= 11 is 0. The average molecular weight is 364 g/mol. The minimum atomic E-state index is -1.17. The molecule has 1 rings (SSSR count). The van der Waals surface area contributed by atoms with Crippen LogP contribution in [0.1, 0.15) is 45.2 Å². The number of amides is 1. The molecule has 0 aliphatic carbocycles. The lowest BCUT2D eigenvalue weighted by Gasteiger charge is -2.28. The van der Waals surface area contributed by atoms with Crippen molar-refractivity contribution in [2.24, 2.45) is 0 Å². The fourth-order valence-corrected chi connectivity index (χ4v) is 2.30. The predicted molar refractivity (Wildman–Crippen MR) is 98.2 cm³/mol. The summed E-state index contributed by atoms with van der Waals surface area (Å²) in [6.45, 7) is 5.96. The second kappa shape index (κ2) is 10.7. The van der Waals surface area contributed by atoms with E-state index in [0.717, 1.165) is 17.7 Å². The van der Waals surface area contributed by atoms with Crippen LogP contribution in [0.3, 0.4) is 0 Å². The molecule has 7 nitrogen and oxygen atoms in total. The van der Waals surface area contributed by atoms with Gasteiger partial charge in [0.05, 0.1) is 5.60 Å². The van der Waals surface area contributed by atoms with E-state index in [9.17, 15) is 14.7 Å². The Morgan fingerprint density at radius 2 is 1.85 bits per heavy atom. The minimum Gasteiger partial charge on any atom is -0.478 e. The number of aliphatic hydroxyl groups is 1. The number of carboxylic acid groups (broad SMARTS) is 1. The third kappa shape index (κ3) is 9.93. The maximum Gasteiger partial charge on any atom is 0.328 e. The van der Waals surface area contributed by atoms with Crippen molar-refractivity contribution >= 4 is 11.9 Å². The van der Waals surface area contributed by atoms with Gasteiger partial charge in [-0.25, -0.2) is 4.79 Å². The summed E-state index contributed by atoms with van der Waals surface area (Å²) in [7, 11) is 0. The molecule has 1 amide bonds. The third-order valence-electron chi connectivity index (χ3n) is 3.36. The first-order valence-corrected chi connectivity index (χ1v) is 8.53. The van der Waals surface area contributed by atoms with Crippen molar-refractivity contribution < 1.29 is 24.5 Å². The molecule has 2 unspecified atom stereocenters. The Morgan fingerprint density at radius 1 is 1.19 bits per heavy atom. The predicted octanol–water partition coefficient (Wildman–Crippen LogP) is 1.95. The smallest absolute Gasteiger partial charge is 0.328 e. The lowest BCUT2D eigenvalue weighted by Crippen LogP contribution is -2.40. The van der Waals surface area contributed by atoms with Gasteiger partial charge in [0.2, 0.25) is 12.3 Å². The number of rotatable bonds is 10. The van der Waals surface area contributed by atoms with Gasteiger partial charge in [-0.3, -0.25) is 10.1 Å². The molecule has 0 heterocycles. The molecule has 1 aromatic carbocycles. The lowest BCUT2D eigenvalue weighted by atomic mass is 10.0. The summed E-state index contributed by atoms with van der Waals surface area (Å²) in [4.78, 5) is 21.8. The van der Waals surface area contributed by atoms with Crippen LogP contribution in [-0.2, 0) is 14.3 Å². The van der Waals surface area contributed by atoms with E-state index in [-0.39, 0.29) is 6.04 Å². The normalized spacial score (nSPS) is 14.2. The molecular weight excluding hydrogens is 336 g/mol. The van der Waals surface area contributed by atoms with Crippen molar-refractivity contribution in [2.75, 3.05) is 6.54 Å². The number of carbonyl (C=O) groups excluding carboxylic acids is 1. The van der Waals surface area contributed by atoms with Gasteiger partial charge in [0.25, 0.3) is 0 Å². The van der Waals surface area contributed by atoms with Gasteiger partial charge >= 0.3 is 5.97 Å². The Hall–Kier alpha value is -2.22. The molecule has 0 radical (unpaired) electrons. The van der Waals surface area contributed by atoms with E-state index in [1.165, 1.54) is 0 Å². The van der Waals surface area contributed by atoms with Crippen LogP contribution in [0.4, 0.5) is 0 Å². The number of hydrogen-bond donors (Lipinski definition) is 4. The van der Waals surface area contributed by atoms with Crippen molar-refractivity contribution in [3.63, 3.8) is 0 Å². The van der Waals surface area contributed by atoms with Gasteiger partial charge in [0, 0.05) is 24.7 Å². The van der Waals surface area contributed by atoms with E-state index in [1.54, 1.807) is 0 Å². The zero-order valence-electron chi connectivity index (χ0n) is 15.4. The second-order valence-corrected chi connectivity index (χ2v) is 6.82. The topological polar surface area (TPSA) is 108 Å². The van der Waals surface area contributed by atoms with Gasteiger partial charge in [-0.05, 0) is 39.2 Å². The molecule has 0 saturated heterocycles. The average Bonchev–Trinajstić information content (AvgIpc) is 2.54. The Morgan fingerprint density at radius 3 is 2.42 bits per heavy atom. The minimum absolute atomic E-state index is 0.153. The summed E-state index contributed by atoms with van der Waals surface area (Å²) in [5, 5.41) is 24.3. The highest BCUT2D eigenvalue weighted by molar-refractivity contribution is 5.93. The van der Waals surface area contributed by atoms with Crippen molar-refractivity contribution in [1.82, 2.24) is 10.6 Å². The van der Waals surface area contributed by atoms with E-state index in [2.05, 4.69) is 10.6 Å². The molecule has 144 valence electrons. The van der Waals surface area contributed by atoms with E-state index < -0.39 is 23.9 Å². The molecule has 4 N–H and O–H groups in total. The highest BCUT2D eigenvalue weighted by Crippen LogP contribution is 2.20. The summed E-state index contributed by atoms with van der Waals surface area (Å²) in [5.74, 6) is -1.62. The molecule has 0 aromatic heterocycles. The summed E-state index contributed by atoms with van der Waals surface area (Å²) in [6, 6.07) is 9.50. The lowest BCUT2D eigenvalue weighted by molar-refractivity contribution is -0.186. The van der Waals surface area contributed by atoms with Crippen molar-refractivity contribution in [3.05, 3.63) is 48.0 Å². The van der Waals surface area contributed by atoms with Crippen molar-refractivity contribution in [3.8, 4) is 0 Å². The number of benzene rings is 1. The molecule has 26 heavy (non-hydrogen) atoms. The van der Waals surface area contributed by atoms with E-state index in [4.69, 9.17) is 9.84 Å². The first-order chi connectivity index (χ1) is 12.2. The number of hydrogen-bond acceptors (Lipinski definition) is 5. The molecular formula is C19H28N2O5. The number of ether oxygens (including phenoxy) is 1. The number of nitrogens with one attached hydrogen (secondary N) is 2. The van der Waals surface area contributed by atoms with Crippen LogP contribution < -0.4 is 10.6 Å². The number of carbonyl (C=O) groups is 2. The fourth-order valence-electron chi connectivity index (χ4n) is 2.30. The van der Waals surface area contributed by atoms with Crippen LogP contribution in [0.5, 0.6) is 0 Å². The number of carboxylic acids is 1. The first kappa shape index (κ1) is 21.8. The SMILES string of the molecule is CC(C)(C)OC(O)NC(CCCNC(=O)/C=C/C(=O)O)c1ccccc1. The van der Waals surface area contributed by atoms with Crippen LogP contribution in [-0.4, -0.2) is 40.6 Å². The van der Waals surface area contributed by atoms with Crippen LogP contribution in [0.25, 0.3) is 0 Å². The highest BCUT2D eigenvalue weighted by atomic mass is 16.6. The molecule has 1 aromatic rings. The molecule has 0 spiro atoms. The van der Waals surface area contributed by atoms with Crippen LogP contribution in [0.15, 0.2) is 42.5 Å². The van der Waals surface area contributed by atoms with Crippen LogP contribution in [0.2, 0.25) is 0 Å². The van der Waals surface area contributed by atoms with Crippen LogP contribution in [0, 0.1) is 0 Å². The first-order valence-electron chi connectivity index (χ1n) is 8.53. The Bertz CT molecular complexity index is 596. The van der Waals surface area contributed by atoms with E-state index in [0.29, 0.717) is 19.4 Å². The van der Waals surface area contributed by atoms with Crippen molar-refractivity contribution in [1.29, 1.82) is 0 Å². The molecule has 0 bridgehead atoms. The monoisotopic (exact) mass is 364 g/mol.